The van der Waals surface area contributed by atoms with Crippen molar-refractivity contribution >= 4 is 22.8 Å². The first-order valence-electron chi connectivity index (χ1n) is 9.19. The fourth-order valence-electron chi connectivity index (χ4n) is 3.55. The molecule has 0 saturated heterocycles. The van der Waals surface area contributed by atoms with Crippen LogP contribution in [0.3, 0.4) is 0 Å². The van der Waals surface area contributed by atoms with Gasteiger partial charge in [-0.15, -0.1) is 0 Å². The van der Waals surface area contributed by atoms with Gasteiger partial charge in [0.25, 0.3) is 5.91 Å². The summed E-state index contributed by atoms with van der Waals surface area (Å²) < 4.78 is 10.8. The van der Waals surface area contributed by atoms with Gasteiger partial charge in [-0.1, -0.05) is 42.5 Å². The summed E-state index contributed by atoms with van der Waals surface area (Å²) >= 11 is 0. The van der Waals surface area contributed by atoms with Crippen LogP contribution in [0.15, 0.2) is 59.0 Å². The van der Waals surface area contributed by atoms with E-state index in [1.54, 1.807) is 19.1 Å². The van der Waals surface area contributed by atoms with Gasteiger partial charge in [0, 0.05) is 5.39 Å². The lowest BCUT2D eigenvalue weighted by molar-refractivity contribution is -0.130. The molecule has 1 heterocycles. The molecule has 3 aromatic rings. The standard InChI is InChI=1S/C22H21NO4/c1-14(26-22(25)20-13-16-8-3-5-12-19(16)27-20)21(24)23-18-11-6-9-15-7-2-4-10-17(15)18/h2-5,7-8,10,12-14,18H,6,9,11H2,1H3,(H,23,24)/t14-,18+/m0/s1. The number of para-hydroxylation sites is 1. The largest absolute Gasteiger partial charge is 0.449 e. The summed E-state index contributed by atoms with van der Waals surface area (Å²) in [5.74, 6) is -0.849. The lowest BCUT2D eigenvalue weighted by atomic mass is 9.87. The van der Waals surface area contributed by atoms with Gasteiger partial charge in [0.05, 0.1) is 6.04 Å². The molecular formula is C22H21NO4. The lowest BCUT2D eigenvalue weighted by Gasteiger charge is -2.27. The summed E-state index contributed by atoms with van der Waals surface area (Å²) in [6.07, 6.45) is 2.03. The molecule has 0 aliphatic heterocycles. The summed E-state index contributed by atoms with van der Waals surface area (Å²) in [5.41, 5.74) is 3.02. The summed E-state index contributed by atoms with van der Waals surface area (Å²) in [4.78, 5) is 24.9. The maximum atomic E-state index is 12.5. The molecule has 0 radical (unpaired) electrons. The van der Waals surface area contributed by atoms with Crippen molar-refractivity contribution in [3.63, 3.8) is 0 Å². The van der Waals surface area contributed by atoms with E-state index in [0.717, 1.165) is 30.2 Å². The van der Waals surface area contributed by atoms with Crippen LogP contribution in [0.2, 0.25) is 0 Å². The van der Waals surface area contributed by atoms with Crippen molar-refractivity contribution in [2.75, 3.05) is 0 Å². The van der Waals surface area contributed by atoms with Gasteiger partial charge in [-0.3, -0.25) is 4.79 Å². The van der Waals surface area contributed by atoms with Gasteiger partial charge in [0.1, 0.15) is 5.58 Å². The minimum absolute atomic E-state index is 0.0465. The first-order chi connectivity index (χ1) is 13.1. The van der Waals surface area contributed by atoms with Crippen molar-refractivity contribution in [1.29, 1.82) is 0 Å². The Morgan fingerprint density at radius 2 is 1.93 bits per heavy atom. The van der Waals surface area contributed by atoms with Crippen molar-refractivity contribution in [3.8, 4) is 0 Å². The van der Waals surface area contributed by atoms with Crippen LogP contribution in [0.1, 0.15) is 47.5 Å². The number of rotatable bonds is 4. The molecule has 0 unspecified atom stereocenters. The predicted octanol–water partition coefficient (Wildman–Crippen LogP) is 4.17. The molecule has 0 saturated carbocycles. The zero-order valence-electron chi connectivity index (χ0n) is 15.1. The summed E-state index contributed by atoms with van der Waals surface area (Å²) in [6, 6.07) is 17.0. The second-order valence-electron chi connectivity index (χ2n) is 6.85. The molecular weight excluding hydrogens is 342 g/mol. The van der Waals surface area contributed by atoms with Gasteiger partial charge in [-0.25, -0.2) is 4.79 Å². The maximum Gasteiger partial charge on any atom is 0.375 e. The number of hydrogen-bond donors (Lipinski definition) is 1. The van der Waals surface area contributed by atoms with E-state index in [-0.39, 0.29) is 17.7 Å². The van der Waals surface area contributed by atoms with Crippen molar-refractivity contribution in [2.24, 2.45) is 0 Å². The van der Waals surface area contributed by atoms with Gasteiger partial charge in [0.2, 0.25) is 5.76 Å². The fraction of sp³-hybridized carbons (Fsp3) is 0.273. The average Bonchev–Trinajstić information content (AvgIpc) is 3.12. The molecule has 4 rings (SSSR count). The van der Waals surface area contributed by atoms with Crippen LogP contribution in [-0.4, -0.2) is 18.0 Å². The maximum absolute atomic E-state index is 12.5. The Morgan fingerprint density at radius 1 is 1.15 bits per heavy atom. The highest BCUT2D eigenvalue weighted by molar-refractivity contribution is 5.94. The molecule has 1 aliphatic rings. The number of fused-ring (bicyclic) bond motifs is 2. The first-order valence-corrected chi connectivity index (χ1v) is 9.19. The van der Waals surface area contributed by atoms with E-state index >= 15 is 0 Å². The van der Waals surface area contributed by atoms with Crippen molar-refractivity contribution in [2.45, 2.75) is 38.3 Å². The molecule has 2 aromatic carbocycles. The van der Waals surface area contributed by atoms with Gasteiger partial charge in [-0.05, 0) is 49.4 Å². The van der Waals surface area contributed by atoms with Gasteiger partial charge in [0.15, 0.2) is 6.10 Å². The minimum atomic E-state index is -0.903. The molecule has 1 aromatic heterocycles. The predicted molar refractivity (Wildman–Crippen MR) is 101 cm³/mol. The molecule has 138 valence electrons. The molecule has 5 heteroatoms. The van der Waals surface area contributed by atoms with Crippen LogP contribution in [0.4, 0.5) is 0 Å². The quantitative estimate of drug-likeness (QED) is 0.706. The molecule has 27 heavy (non-hydrogen) atoms. The van der Waals surface area contributed by atoms with E-state index < -0.39 is 12.1 Å². The zero-order valence-corrected chi connectivity index (χ0v) is 15.1. The Balaban J connectivity index is 1.41. The summed E-state index contributed by atoms with van der Waals surface area (Å²) in [6.45, 7) is 1.57. The lowest BCUT2D eigenvalue weighted by Crippen LogP contribution is -2.39. The van der Waals surface area contributed by atoms with Crippen LogP contribution in [0, 0.1) is 0 Å². The number of esters is 1. The fourth-order valence-corrected chi connectivity index (χ4v) is 3.55. The van der Waals surface area contributed by atoms with E-state index in [0.29, 0.717) is 5.58 Å². The van der Waals surface area contributed by atoms with Gasteiger partial charge < -0.3 is 14.5 Å². The van der Waals surface area contributed by atoms with E-state index in [9.17, 15) is 9.59 Å². The molecule has 2 atom stereocenters. The number of benzene rings is 2. The van der Waals surface area contributed by atoms with Crippen molar-refractivity contribution in [1.82, 2.24) is 5.32 Å². The highest BCUT2D eigenvalue weighted by Gasteiger charge is 2.26. The number of aryl methyl sites for hydroxylation is 1. The molecule has 0 spiro atoms. The zero-order chi connectivity index (χ0) is 18.8. The number of carbonyl (C=O) groups excluding carboxylic acids is 2. The van der Waals surface area contributed by atoms with Crippen LogP contribution < -0.4 is 5.32 Å². The topological polar surface area (TPSA) is 68.5 Å². The van der Waals surface area contributed by atoms with E-state index in [2.05, 4.69) is 11.4 Å². The van der Waals surface area contributed by atoms with Gasteiger partial charge in [-0.2, -0.15) is 0 Å². The third-order valence-corrected chi connectivity index (χ3v) is 4.97. The smallest absolute Gasteiger partial charge is 0.375 e. The monoisotopic (exact) mass is 363 g/mol. The van der Waals surface area contributed by atoms with Crippen LogP contribution in [0.25, 0.3) is 11.0 Å². The van der Waals surface area contributed by atoms with Crippen LogP contribution >= 0.6 is 0 Å². The Labute approximate surface area is 157 Å². The third kappa shape index (κ3) is 3.58. The Hall–Kier alpha value is -3.08. The number of amides is 1. The normalized spacial score (nSPS) is 17.1. The van der Waals surface area contributed by atoms with E-state index in [4.69, 9.17) is 9.15 Å². The number of furan rings is 1. The Morgan fingerprint density at radius 3 is 2.78 bits per heavy atom. The minimum Gasteiger partial charge on any atom is -0.449 e. The van der Waals surface area contributed by atoms with Crippen molar-refractivity contribution < 1.29 is 18.7 Å². The summed E-state index contributed by atoms with van der Waals surface area (Å²) in [5, 5.41) is 3.83. The number of ether oxygens (including phenoxy) is 1. The third-order valence-electron chi connectivity index (χ3n) is 4.97. The second kappa shape index (κ2) is 7.27. The average molecular weight is 363 g/mol. The van der Waals surface area contributed by atoms with Crippen LogP contribution in [-0.2, 0) is 16.0 Å². The van der Waals surface area contributed by atoms with Gasteiger partial charge >= 0.3 is 5.97 Å². The number of hydrogen-bond acceptors (Lipinski definition) is 4. The molecule has 1 aliphatic carbocycles. The second-order valence-corrected chi connectivity index (χ2v) is 6.85. The van der Waals surface area contributed by atoms with E-state index in [1.165, 1.54) is 5.56 Å². The SMILES string of the molecule is C[C@H](OC(=O)c1cc2ccccc2o1)C(=O)N[C@@H]1CCCc2ccccc21. The first kappa shape index (κ1) is 17.3. The molecule has 0 fully saturated rings. The van der Waals surface area contributed by atoms with Crippen LogP contribution in [0.5, 0.6) is 0 Å². The Bertz CT molecular complexity index is 958. The highest BCUT2D eigenvalue weighted by atomic mass is 16.6. The Kier molecular flexibility index (Phi) is 4.67. The number of nitrogens with one attached hydrogen (secondary N) is 1. The highest BCUT2D eigenvalue weighted by Crippen LogP contribution is 2.29. The van der Waals surface area contributed by atoms with Crippen molar-refractivity contribution in [3.05, 3.63) is 71.5 Å². The molecule has 5 nitrogen and oxygen atoms in total. The molecule has 0 bridgehead atoms. The number of carbonyl (C=O) groups is 2. The summed E-state index contributed by atoms with van der Waals surface area (Å²) in [7, 11) is 0. The van der Waals surface area contributed by atoms with E-state index in [1.807, 2.05) is 36.4 Å². The molecule has 1 amide bonds. The molecule has 1 N–H and O–H groups in total.